The molecule has 0 aliphatic heterocycles. The Hall–Kier alpha value is -1.94. The Labute approximate surface area is 638 Å². The van der Waals surface area contributed by atoms with Crippen LogP contribution in [0.5, 0.6) is 0 Å². The molecule has 0 aromatic rings. The molecular formula is C85H166O17P2. The fourth-order valence-corrected chi connectivity index (χ4v) is 14.7. The third-order valence-corrected chi connectivity index (χ3v) is 21.7. The van der Waals surface area contributed by atoms with Gasteiger partial charge in [-0.3, -0.25) is 37.3 Å². The fraction of sp³-hybridized carbons (Fsp3) is 0.953. The SMILES string of the molecule is CC(C)CCCCCCCCCCCCCCCCCCCCC(=O)O[C@H](COC(=O)CCCCCCCCC(C)C)COP(=O)(O)OCC(O)COP(=O)(O)OC[C@@H](COC(=O)CCCCCCCCCCCCCCC(C)C)OC(=O)CCCCCCCCCCCCCCCCCCC(C)C. The number of hydrogen-bond acceptors (Lipinski definition) is 15. The topological polar surface area (TPSA) is 237 Å². The van der Waals surface area contributed by atoms with Gasteiger partial charge in [-0.2, -0.15) is 0 Å². The highest BCUT2D eigenvalue weighted by molar-refractivity contribution is 7.47. The molecule has 0 radical (unpaired) electrons. The number of hydrogen-bond donors (Lipinski definition) is 3. The number of phosphoric acid groups is 2. The van der Waals surface area contributed by atoms with E-state index < -0.39 is 97.5 Å². The Bertz CT molecular complexity index is 2020. The molecule has 618 valence electrons. The molecule has 3 unspecified atom stereocenters. The minimum atomic E-state index is -4.96. The van der Waals surface area contributed by atoms with Gasteiger partial charge >= 0.3 is 39.5 Å². The molecular weight excluding hydrogens is 1350 g/mol. The van der Waals surface area contributed by atoms with Gasteiger partial charge in [0.05, 0.1) is 26.4 Å². The number of aliphatic hydroxyl groups is 1. The van der Waals surface area contributed by atoms with Crippen LogP contribution in [0.15, 0.2) is 0 Å². The molecule has 0 aliphatic carbocycles. The van der Waals surface area contributed by atoms with Crippen molar-refractivity contribution in [1.29, 1.82) is 0 Å². The van der Waals surface area contributed by atoms with Gasteiger partial charge in [0.25, 0.3) is 0 Å². The van der Waals surface area contributed by atoms with E-state index in [9.17, 15) is 43.2 Å². The minimum Gasteiger partial charge on any atom is -0.462 e. The van der Waals surface area contributed by atoms with E-state index >= 15 is 0 Å². The van der Waals surface area contributed by atoms with Gasteiger partial charge in [-0.15, -0.1) is 0 Å². The molecule has 0 rings (SSSR count). The van der Waals surface area contributed by atoms with Crippen molar-refractivity contribution in [2.24, 2.45) is 23.7 Å². The van der Waals surface area contributed by atoms with Gasteiger partial charge < -0.3 is 33.8 Å². The monoisotopic (exact) mass is 1520 g/mol. The first-order chi connectivity index (χ1) is 50.1. The number of rotatable bonds is 82. The highest BCUT2D eigenvalue weighted by atomic mass is 31.2. The molecule has 0 heterocycles. The number of carbonyl (C=O) groups is 4. The number of ether oxygens (including phenoxy) is 4. The maximum atomic E-state index is 13.1. The third kappa shape index (κ3) is 78.2. The Morgan fingerprint density at radius 3 is 0.596 bits per heavy atom. The number of esters is 4. The fourth-order valence-electron chi connectivity index (χ4n) is 13.1. The van der Waals surface area contributed by atoms with Gasteiger partial charge in [0.15, 0.2) is 12.2 Å². The van der Waals surface area contributed by atoms with Gasteiger partial charge in [-0.05, 0) is 49.4 Å². The van der Waals surface area contributed by atoms with Crippen LogP contribution >= 0.6 is 15.6 Å². The quantitative estimate of drug-likeness (QED) is 0.0222. The van der Waals surface area contributed by atoms with Crippen LogP contribution in [0, 0.1) is 23.7 Å². The summed E-state index contributed by atoms with van der Waals surface area (Å²) < 4.78 is 68.8. The maximum absolute atomic E-state index is 13.1. The zero-order valence-corrected chi connectivity index (χ0v) is 70.5. The van der Waals surface area contributed by atoms with Crippen molar-refractivity contribution in [3.8, 4) is 0 Å². The lowest BCUT2D eigenvalue weighted by atomic mass is 10.0. The summed E-state index contributed by atoms with van der Waals surface area (Å²) in [5, 5.41) is 10.7. The average molecular weight is 1520 g/mol. The molecule has 0 aromatic carbocycles. The third-order valence-electron chi connectivity index (χ3n) is 19.8. The molecule has 0 fully saturated rings. The van der Waals surface area contributed by atoms with Crippen molar-refractivity contribution >= 4 is 39.5 Å². The van der Waals surface area contributed by atoms with Crippen molar-refractivity contribution in [1.82, 2.24) is 0 Å². The maximum Gasteiger partial charge on any atom is 0.472 e. The highest BCUT2D eigenvalue weighted by Crippen LogP contribution is 2.45. The second-order valence-corrected chi connectivity index (χ2v) is 35.4. The summed E-state index contributed by atoms with van der Waals surface area (Å²) in [4.78, 5) is 73.1. The summed E-state index contributed by atoms with van der Waals surface area (Å²) in [6, 6.07) is 0. The zero-order valence-electron chi connectivity index (χ0n) is 68.7. The van der Waals surface area contributed by atoms with E-state index in [1.807, 2.05) is 0 Å². The van der Waals surface area contributed by atoms with Gasteiger partial charge in [0.2, 0.25) is 0 Å². The van der Waals surface area contributed by atoms with Crippen molar-refractivity contribution < 1.29 is 80.2 Å². The zero-order chi connectivity index (χ0) is 76.7. The number of phosphoric ester groups is 2. The Kier molecular flexibility index (Phi) is 72.5. The molecule has 0 bridgehead atoms. The van der Waals surface area contributed by atoms with Crippen LogP contribution in [0.1, 0.15) is 441 Å². The van der Waals surface area contributed by atoms with Crippen LogP contribution in [0.4, 0.5) is 0 Å². The molecule has 19 heteroatoms. The molecule has 17 nitrogen and oxygen atoms in total. The summed E-state index contributed by atoms with van der Waals surface area (Å²) >= 11 is 0. The smallest absolute Gasteiger partial charge is 0.462 e. The van der Waals surface area contributed by atoms with Crippen molar-refractivity contribution in [3.05, 3.63) is 0 Å². The average Bonchev–Trinajstić information content (AvgIpc) is 0.903. The molecule has 0 saturated carbocycles. The second kappa shape index (κ2) is 73.8. The summed E-state index contributed by atoms with van der Waals surface area (Å²) in [5.74, 6) is 0.980. The van der Waals surface area contributed by atoms with Gasteiger partial charge in [-0.25, -0.2) is 9.13 Å². The molecule has 0 amide bonds. The largest absolute Gasteiger partial charge is 0.472 e. The predicted molar refractivity (Wildman–Crippen MR) is 428 cm³/mol. The van der Waals surface area contributed by atoms with Crippen LogP contribution in [0.2, 0.25) is 0 Å². The summed E-state index contributed by atoms with van der Waals surface area (Å²) in [5.41, 5.74) is 0. The van der Waals surface area contributed by atoms with Crippen molar-refractivity contribution in [2.45, 2.75) is 459 Å². The van der Waals surface area contributed by atoms with E-state index in [0.29, 0.717) is 31.6 Å². The first kappa shape index (κ1) is 102. The molecule has 0 spiro atoms. The van der Waals surface area contributed by atoms with E-state index in [4.69, 9.17) is 37.0 Å². The minimum absolute atomic E-state index is 0.107. The van der Waals surface area contributed by atoms with E-state index in [1.165, 1.54) is 238 Å². The van der Waals surface area contributed by atoms with E-state index in [0.717, 1.165) is 114 Å². The highest BCUT2D eigenvalue weighted by Gasteiger charge is 2.30. The van der Waals surface area contributed by atoms with Gasteiger partial charge in [0, 0.05) is 25.7 Å². The van der Waals surface area contributed by atoms with Crippen molar-refractivity contribution in [2.75, 3.05) is 39.6 Å². The lowest BCUT2D eigenvalue weighted by Gasteiger charge is -2.21. The number of carbonyl (C=O) groups excluding carboxylic acids is 4. The van der Waals surface area contributed by atoms with Crippen LogP contribution < -0.4 is 0 Å². The molecule has 0 saturated heterocycles. The Balaban J connectivity index is 5.19. The van der Waals surface area contributed by atoms with E-state index in [-0.39, 0.29) is 25.7 Å². The first-order valence-corrected chi connectivity index (χ1v) is 46.7. The van der Waals surface area contributed by atoms with Crippen LogP contribution in [-0.2, 0) is 65.4 Å². The summed E-state index contributed by atoms with van der Waals surface area (Å²) in [6.07, 6.45) is 62.7. The predicted octanol–water partition coefficient (Wildman–Crippen LogP) is 25.6. The van der Waals surface area contributed by atoms with E-state index in [2.05, 4.69) is 55.4 Å². The van der Waals surface area contributed by atoms with Gasteiger partial charge in [-0.1, -0.05) is 389 Å². The molecule has 104 heavy (non-hydrogen) atoms. The standard InChI is InChI=1S/C85H166O17P2/c1-75(2)61-53-45-37-31-25-19-15-11-9-10-12-17-21-29-35-41-51-60-68-85(90)102-81(72-96-83(88)66-58-50-44-43-48-56-64-78(7)8)74-100-104(93,94)98-70-79(86)69-97-103(91,92)99-73-80(71-95-82(87)65-57-49-40-34-28-24-23-27-33-39-47-55-63-77(5)6)101-84(89)67-59-52-42-36-30-22-18-14-13-16-20-26-32-38-46-54-62-76(3)4/h75-81,86H,9-74H2,1-8H3,(H,91,92)(H,93,94)/t79?,80-,81-/m1/s1. The van der Waals surface area contributed by atoms with Crippen LogP contribution in [-0.4, -0.2) is 96.7 Å². The Morgan fingerprint density at radius 2 is 0.404 bits per heavy atom. The first-order valence-electron chi connectivity index (χ1n) is 43.7. The second-order valence-electron chi connectivity index (χ2n) is 32.5. The summed E-state index contributed by atoms with van der Waals surface area (Å²) in [7, 11) is -9.93. The van der Waals surface area contributed by atoms with Crippen LogP contribution in [0.3, 0.4) is 0 Å². The normalized spacial score (nSPS) is 14.0. The molecule has 0 aliphatic rings. The Morgan fingerprint density at radius 1 is 0.240 bits per heavy atom. The van der Waals surface area contributed by atoms with Crippen LogP contribution in [0.25, 0.3) is 0 Å². The lowest BCUT2D eigenvalue weighted by Crippen LogP contribution is -2.30. The van der Waals surface area contributed by atoms with E-state index in [1.54, 1.807) is 0 Å². The number of unbranched alkanes of at least 4 members (excludes halogenated alkanes) is 48. The number of aliphatic hydroxyl groups excluding tert-OH is 1. The lowest BCUT2D eigenvalue weighted by molar-refractivity contribution is -0.161. The van der Waals surface area contributed by atoms with Gasteiger partial charge in [0.1, 0.15) is 19.3 Å². The summed E-state index contributed by atoms with van der Waals surface area (Å²) in [6.45, 7) is 14.3. The molecule has 3 N–H and O–H groups in total. The molecule has 0 aromatic heterocycles. The van der Waals surface area contributed by atoms with Crippen molar-refractivity contribution in [3.63, 3.8) is 0 Å². The molecule has 5 atom stereocenters.